The predicted molar refractivity (Wildman–Crippen MR) is 96.1 cm³/mol. The van der Waals surface area contributed by atoms with E-state index in [4.69, 9.17) is 23.2 Å². The molecule has 0 saturated heterocycles. The van der Waals surface area contributed by atoms with Gasteiger partial charge in [-0.2, -0.15) is 28.8 Å². The first-order valence-electron chi connectivity index (χ1n) is 7.62. The van der Waals surface area contributed by atoms with E-state index in [2.05, 4.69) is 10.4 Å². The first-order valence-corrected chi connectivity index (χ1v) is 8.38. The molecule has 0 fully saturated rings. The van der Waals surface area contributed by atoms with E-state index >= 15 is 0 Å². The molecule has 0 aliphatic carbocycles. The van der Waals surface area contributed by atoms with Gasteiger partial charge in [0.05, 0.1) is 15.6 Å². The molecule has 0 unspecified atom stereocenters. The first kappa shape index (κ1) is 21.5. The molecule has 0 radical (unpaired) electrons. The Bertz CT molecular complexity index is 1020. The number of carbonyl (C=O) groups is 1. The van der Waals surface area contributed by atoms with Crippen LogP contribution >= 0.6 is 23.2 Å². The Balaban J connectivity index is 2.77. The van der Waals surface area contributed by atoms with Crippen molar-refractivity contribution in [2.75, 3.05) is 5.32 Å². The summed E-state index contributed by atoms with van der Waals surface area (Å²) in [6, 6.07) is 4.72. The Morgan fingerprint density at radius 1 is 1.14 bits per heavy atom. The van der Waals surface area contributed by atoms with Crippen LogP contribution in [0.1, 0.15) is 37.6 Å². The highest BCUT2D eigenvalue weighted by Gasteiger charge is 2.33. The van der Waals surface area contributed by atoms with Crippen molar-refractivity contribution >= 4 is 34.9 Å². The van der Waals surface area contributed by atoms with Crippen molar-refractivity contribution in [3.63, 3.8) is 0 Å². The molecule has 28 heavy (non-hydrogen) atoms. The van der Waals surface area contributed by atoms with Gasteiger partial charge >= 0.3 is 6.18 Å². The van der Waals surface area contributed by atoms with Crippen LogP contribution in [0.2, 0.25) is 10.0 Å². The molecular formula is C17H12Cl2F3N5O. The Labute approximate surface area is 168 Å². The van der Waals surface area contributed by atoms with Crippen molar-refractivity contribution in [3.05, 3.63) is 39.0 Å². The smallest absolute Gasteiger partial charge is 0.309 e. The van der Waals surface area contributed by atoms with E-state index < -0.39 is 33.1 Å². The summed E-state index contributed by atoms with van der Waals surface area (Å²) in [4.78, 5) is 12.4. The quantitative estimate of drug-likeness (QED) is 0.732. The van der Waals surface area contributed by atoms with Crippen molar-refractivity contribution in [1.82, 2.24) is 9.78 Å². The lowest BCUT2D eigenvalue weighted by molar-refractivity contribution is -0.137. The van der Waals surface area contributed by atoms with Crippen LogP contribution in [-0.4, -0.2) is 15.7 Å². The maximum atomic E-state index is 13.0. The van der Waals surface area contributed by atoms with E-state index in [-0.39, 0.29) is 22.8 Å². The average molecular weight is 430 g/mol. The minimum absolute atomic E-state index is 0.210. The van der Waals surface area contributed by atoms with Gasteiger partial charge in [-0.25, -0.2) is 4.68 Å². The second-order valence-corrected chi connectivity index (χ2v) is 7.51. The molecule has 2 rings (SSSR count). The second kappa shape index (κ2) is 7.34. The molecule has 11 heteroatoms. The van der Waals surface area contributed by atoms with Gasteiger partial charge in [0, 0.05) is 5.41 Å². The molecule has 1 N–H and O–H groups in total. The van der Waals surface area contributed by atoms with E-state index in [1.54, 1.807) is 32.9 Å². The number of nitriles is 2. The fourth-order valence-electron chi connectivity index (χ4n) is 2.11. The zero-order valence-corrected chi connectivity index (χ0v) is 16.3. The number of alkyl halides is 3. The molecule has 2 aromatic rings. The molecule has 146 valence electrons. The highest BCUT2D eigenvalue weighted by atomic mass is 35.5. The molecule has 1 heterocycles. The molecule has 1 aromatic heterocycles. The van der Waals surface area contributed by atoms with Crippen molar-refractivity contribution < 1.29 is 18.0 Å². The number of halogens is 5. The lowest BCUT2D eigenvalue weighted by Gasteiger charge is -2.19. The van der Waals surface area contributed by atoms with Crippen LogP contribution < -0.4 is 5.32 Å². The van der Waals surface area contributed by atoms with Crippen LogP contribution in [0.5, 0.6) is 0 Å². The molecule has 0 aliphatic heterocycles. The summed E-state index contributed by atoms with van der Waals surface area (Å²) in [5, 5.41) is 24.1. The minimum atomic E-state index is -4.69. The highest BCUT2D eigenvalue weighted by molar-refractivity contribution is 6.38. The summed E-state index contributed by atoms with van der Waals surface area (Å²) < 4.78 is 39.8. The van der Waals surface area contributed by atoms with Crippen molar-refractivity contribution in [1.29, 1.82) is 10.5 Å². The molecule has 0 spiro atoms. The number of aromatic nitrogens is 2. The zero-order valence-electron chi connectivity index (χ0n) is 14.7. The summed E-state index contributed by atoms with van der Waals surface area (Å²) in [6.07, 6.45) is -4.69. The Hall–Kier alpha value is -2.75. The van der Waals surface area contributed by atoms with Gasteiger partial charge in [-0.1, -0.05) is 44.0 Å². The average Bonchev–Trinajstić information content (AvgIpc) is 2.89. The Morgan fingerprint density at radius 2 is 1.68 bits per heavy atom. The number of anilines is 1. The standard InChI is InChI=1S/C17H12Cl2F3N5O/c1-16(2,3)15(28)25-14-9(6-23)12(7-24)26-27(14)13-10(18)4-8(5-11(13)19)17(20,21)22/h4-5H,1-3H3,(H,25,28). The number of nitrogens with one attached hydrogen (secondary N) is 1. The van der Waals surface area contributed by atoms with E-state index in [0.29, 0.717) is 12.1 Å². The molecule has 1 amide bonds. The first-order chi connectivity index (χ1) is 12.8. The molecule has 0 saturated carbocycles. The molecule has 6 nitrogen and oxygen atoms in total. The van der Waals surface area contributed by atoms with Crippen LogP contribution in [0.25, 0.3) is 5.69 Å². The number of rotatable bonds is 2. The maximum absolute atomic E-state index is 13.0. The number of nitrogens with zero attached hydrogens (tertiary/aromatic N) is 4. The largest absolute Gasteiger partial charge is 0.416 e. The van der Waals surface area contributed by atoms with E-state index in [9.17, 15) is 28.5 Å². The van der Waals surface area contributed by atoms with Crippen molar-refractivity contribution in [2.45, 2.75) is 26.9 Å². The number of benzene rings is 1. The van der Waals surface area contributed by atoms with Gasteiger partial charge in [-0.3, -0.25) is 4.79 Å². The fraction of sp³-hybridized carbons (Fsp3) is 0.294. The van der Waals surface area contributed by atoms with Gasteiger partial charge in [-0.15, -0.1) is 0 Å². The van der Waals surface area contributed by atoms with Crippen molar-refractivity contribution in [3.8, 4) is 17.8 Å². The Kier molecular flexibility index (Phi) is 5.65. The van der Waals surface area contributed by atoms with Gasteiger partial charge < -0.3 is 5.32 Å². The third kappa shape index (κ3) is 4.06. The number of carbonyl (C=O) groups excluding carboxylic acids is 1. The molecule has 0 bridgehead atoms. The lowest BCUT2D eigenvalue weighted by Crippen LogP contribution is -2.29. The summed E-state index contributed by atoms with van der Waals surface area (Å²) >= 11 is 12.0. The topological polar surface area (TPSA) is 94.5 Å². The highest BCUT2D eigenvalue weighted by Crippen LogP contribution is 2.39. The van der Waals surface area contributed by atoms with Gasteiger partial charge in [0.25, 0.3) is 0 Å². The zero-order chi connectivity index (χ0) is 21.4. The predicted octanol–water partition coefficient (Wildman–Crippen LogP) is 4.93. The monoisotopic (exact) mass is 429 g/mol. The summed E-state index contributed by atoms with van der Waals surface area (Å²) in [5.74, 6) is -0.740. The molecule has 0 atom stereocenters. The SMILES string of the molecule is CC(C)(C)C(=O)Nc1c(C#N)c(C#N)nn1-c1c(Cl)cc(C(F)(F)F)cc1Cl. The minimum Gasteiger partial charge on any atom is -0.309 e. The Morgan fingerprint density at radius 3 is 2.07 bits per heavy atom. The van der Waals surface area contributed by atoms with E-state index in [0.717, 1.165) is 4.68 Å². The van der Waals surface area contributed by atoms with Crippen LogP contribution in [0.15, 0.2) is 12.1 Å². The van der Waals surface area contributed by atoms with Gasteiger partial charge in [0.2, 0.25) is 5.91 Å². The van der Waals surface area contributed by atoms with E-state index in [1.165, 1.54) is 0 Å². The normalized spacial score (nSPS) is 11.6. The van der Waals surface area contributed by atoms with Crippen LogP contribution in [0.3, 0.4) is 0 Å². The molecule has 0 aliphatic rings. The van der Waals surface area contributed by atoms with Crippen LogP contribution in [-0.2, 0) is 11.0 Å². The summed E-state index contributed by atoms with van der Waals surface area (Å²) in [5.41, 5.74) is -2.79. The van der Waals surface area contributed by atoms with Gasteiger partial charge in [0.1, 0.15) is 23.4 Å². The third-order valence-electron chi connectivity index (χ3n) is 3.57. The fourth-order valence-corrected chi connectivity index (χ4v) is 2.75. The number of hydrogen-bond donors (Lipinski definition) is 1. The number of hydrogen-bond acceptors (Lipinski definition) is 4. The van der Waals surface area contributed by atoms with Crippen LogP contribution in [0.4, 0.5) is 19.0 Å². The maximum Gasteiger partial charge on any atom is 0.416 e. The van der Waals surface area contributed by atoms with Crippen molar-refractivity contribution in [2.24, 2.45) is 5.41 Å². The van der Waals surface area contributed by atoms with Gasteiger partial charge in [0.15, 0.2) is 11.5 Å². The van der Waals surface area contributed by atoms with E-state index in [1.807, 2.05) is 0 Å². The van der Waals surface area contributed by atoms with Crippen LogP contribution in [0, 0.1) is 28.1 Å². The third-order valence-corrected chi connectivity index (χ3v) is 4.15. The molecule has 1 aromatic carbocycles. The number of amides is 1. The van der Waals surface area contributed by atoms with Gasteiger partial charge in [-0.05, 0) is 12.1 Å². The summed E-state index contributed by atoms with van der Waals surface area (Å²) in [6.45, 7) is 4.83. The molecular weight excluding hydrogens is 418 g/mol. The lowest BCUT2D eigenvalue weighted by atomic mass is 9.95. The second-order valence-electron chi connectivity index (χ2n) is 6.70. The summed E-state index contributed by atoms with van der Waals surface area (Å²) in [7, 11) is 0.